The van der Waals surface area contributed by atoms with Crippen molar-refractivity contribution in [3.8, 4) is 0 Å². The Hall–Kier alpha value is -3.28. The second-order valence-corrected chi connectivity index (χ2v) is 7.47. The number of hydrazine groups is 1. The van der Waals surface area contributed by atoms with Crippen molar-refractivity contribution in [3.05, 3.63) is 70.8 Å². The van der Waals surface area contributed by atoms with Crippen molar-refractivity contribution in [2.24, 2.45) is 0 Å². The van der Waals surface area contributed by atoms with Gasteiger partial charge in [0.1, 0.15) is 0 Å². The summed E-state index contributed by atoms with van der Waals surface area (Å²) in [4.78, 5) is 26.6. The molecule has 0 aromatic heterocycles. The minimum absolute atomic E-state index is 0.225. The number of benzene rings is 2. The third-order valence-electron chi connectivity index (χ3n) is 5.04. The molecule has 0 fully saturated rings. The molecule has 1 aliphatic rings. The smallest absolute Gasteiger partial charge is 0.337 e. The Morgan fingerprint density at radius 3 is 2.31 bits per heavy atom. The van der Waals surface area contributed by atoms with Crippen molar-refractivity contribution in [1.29, 1.82) is 0 Å². The number of anilines is 2. The summed E-state index contributed by atoms with van der Waals surface area (Å²) in [6.07, 6.45) is 3.21. The Kier molecular flexibility index (Phi) is 6.54. The van der Waals surface area contributed by atoms with Crippen LogP contribution in [0.5, 0.6) is 0 Å². The predicted molar refractivity (Wildman–Crippen MR) is 117 cm³/mol. The number of amides is 3. The number of hydrogen-bond donors (Lipinski definition) is 3. The Morgan fingerprint density at radius 1 is 1.00 bits per heavy atom. The second-order valence-electron chi connectivity index (χ2n) is 7.47. The van der Waals surface area contributed by atoms with Crippen molar-refractivity contribution in [2.75, 3.05) is 23.3 Å². The molecule has 152 valence electrons. The lowest BCUT2D eigenvalue weighted by Gasteiger charge is -2.28. The topological polar surface area (TPSA) is 73.5 Å². The van der Waals surface area contributed by atoms with Crippen molar-refractivity contribution >= 4 is 23.3 Å². The third kappa shape index (κ3) is 5.60. The quantitative estimate of drug-likeness (QED) is 0.544. The van der Waals surface area contributed by atoms with Crippen LogP contribution in [0, 0.1) is 20.8 Å². The van der Waals surface area contributed by atoms with Crippen LogP contribution in [0.3, 0.4) is 0 Å². The minimum atomic E-state index is -0.457. The summed E-state index contributed by atoms with van der Waals surface area (Å²) in [5.74, 6) is -0.225. The van der Waals surface area contributed by atoms with Crippen molar-refractivity contribution in [1.82, 2.24) is 10.9 Å². The van der Waals surface area contributed by atoms with Gasteiger partial charge in [-0.2, -0.15) is 0 Å². The van der Waals surface area contributed by atoms with E-state index in [1.807, 2.05) is 51.1 Å². The summed E-state index contributed by atoms with van der Waals surface area (Å²) in [5.41, 5.74) is 11.1. The number of nitrogens with zero attached hydrogens (tertiary/aromatic N) is 1. The summed E-state index contributed by atoms with van der Waals surface area (Å²) < 4.78 is 0. The van der Waals surface area contributed by atoms with Gasteiger partial charge in [0.2, 0.25) is 5.91 Å². The molecule has 0 saturated carbocycles. The molecule has 29 heavy (non-hydrogen) atoms. The van der Waals surface area contributed by atoms with Gasteiger partial charge in [-0.3, -0.25) is 10.2 Å². The molecule has 0 unspecified atom stereocenters. The normalized spacial score (nSPS) is 13.5. The molecule has 3 rings (SSSR count). The maximum absolute atomic E-state index is 12.2. The number of aryl methyl sites for hydroxylation is 3. The highest BCUT2D eigenvalue weighted by Gasteiger charge is 2.15. The molecule has 1 heterocycles. The van der Waals surface area contributed by atoms with Crippen LogP contribution in [0.15, 0.2) is 54.1 Å². The van der Waals surface area contributed by atoms with Crippen LogP contribution in [-0.4, -0.2) is 25.0 Å². The highest BCUT2D eigenvalue weighted by atomic mass is 16.2. The first-order chi connectivity index (χ1) is 13.9. The van der Waals surface area contributed by atoms with E-state index in [0.717, 1.165) is 47.5 Å². The van der Waals surface area contributed by atoms with Gasteiger partial charge in [0.05, 0.1) is 0 Å². The first-order valence-electron chi connectivity index (χ1n) is 9.84. The summed E-state index contributed by atoms with van der Waals surface area (Å²) >= 11 is 0. The van der Waals surface area contributed by atoms with Gasteiger partial charge in [-0.05, 0) is 50.5 Å². The van der Waals surface area contributed by atoms with E-state index >= 15 is 0 Å². The minimum Gasteiger partial charge on any atom is -0.367 e. The average molecular weight is 393 g/mol. The first kappa shape index (κ1) is 20.5. The van der Waals surface area contributed by atoms with Gasteiger partial charge in [-0.25, -0.2) is 10.2 Å². The van der Waals surface area contributed by atoms with Crippen LogP contribution >= 0.6 is 0 Å². The molecule has 3 N–H and O–H groups in total. The van der Waals surface area contributed by atoms with Gasteiger partial charge in [0, 0.05) is 30.9 Å². The number of para-hydroxylation sites is 1. The molecular formula is C23H28N4O2. The molecule has 0 spiro atoms. The zero-order valence-corrected chi connectivity index (χ0v) is 17.2. The van der Waals surface area contributed by atoms with Gasteiger partial charge in [-0.15, -0.1) is 0 Å². The molecule has 3 amide bonds. The van der Waals surface area contributed by atoms with E-state index in [4.69, 9.17) is 0 Å². The molecule has 1 aliphatic heterocycles. The number of hydrogen-bond acceptors (Lipinski definition) is 3. The lowest BCUT2D eigenvalue weighted by Crippen LogP contribution is -2.44. The zero-order valence-electron chi connectivity index (χ0n) is 17.2. The van der Waals surface area contributed by atoms with E-state index in [0.29, 0.717) is 0 Å². The van der Waals surface area contributed by atoms with E-state index < -0.39 is 6.03 Å². The number of urea groups is 1. The summed E-state index contributed by atoms with van der Waals surface area (Å²) in [6.45, 7) is 7.57. The second kappa shape index (κ2) is 9.28. The van der Waals surface area contributed by atoms with Crippen molar-refractivity contribution in [3.63, 3.8) is 0 Å². The third-order valence-corrected chi connectivity index (χ3v) is 5.04. The van der Waals surface area contributed by atoms with E-state index in [1.165, 1.54) is 5.69 Å². The average Bonchev–Trinajstić information content (AvgIpc) is 2.70. The molecule has 2 aromatic rings. The van der Waals surface area contributed by atoms with Crippen LogP contribution in [0.2, 0.25) is 0 Å². The lowest BCUT2D eigenvalue weighted by atomic mass is 10.0. The van der Waals surface area contributed by atoms with E-state index in [2.05, 4.69) is 39.3 Å². The van der Waals surface area contributed by atoms with Crippen LogP contribution in [0.1, 0.15) is 29.5 Å². The van der Waals surface area contributed by atoms with Crippen molar-refractivity contribution < 1.29 is 9.59 Å². The molecule has 0 bridgehead atoms. The number of carbonyl (C=O) groups excluding carboxylic acids is 2. The monoisotopic (exact) mass is 392 g/mol. The fourth-order valence-corrected chi connectivity index (χ4v) is 3.64. The van der Waals surface area contributed by atoms with Crippen LogP contribution in [0.25, 0.3) is 0 Å². The molecule has 0 saturated heterocycles. The zero-order chi connectivity index (χ0) is 20.8. The van der Waals surface area contributed by atoms with Crippen molar-refractivity contribution in [2.45, 2.75) is 33.6 Å². The molecule has 6 heteroatoms. The predicted octanol–water partition coefficient (Wildman–Crippen LogP) is 3.99. The standard InChI is InChI=1S/C23H28N4O2/c1-16-13-17(2)22(18(3)14-16)24-23(29)26-25-21(28)15-19-9-11-27(12-10-19)20-7-5-4-6-8-20/h4-9,13-14H,10-12,15H2,1-3H3,(H,25,28)(H2,24,26,29). The summed E-state index contributed by atoms with van der Waals surface area (Å²) in [6, 6.07) is 13.8. The van der Waals surface area contributed by atoms with Gasteiger partial charge in [0.15, 0.2) is 0 Å². The molecule has 2 aromatic carbocycles. The fourth-order valence-electron chi connectivity index (χ4n) is 3.64. The van der Waals surface area contributed by atoms with Crippen LogP contribution < -0.4 is 21.1 Å². The van der Waals surface area contributed by atoms with Crippen LogP contribution in [0.4, 0.5) is 16.2 Å². The van der Waals surface area contributed by atoms with E-state index in [9.17, 15) is 9.59 Å². The SMILES string of the molecule is Cc1cc(C)c(NC(=O)NNC(=O)CC2=CCN(c3ccccc3)CC2)c(C)c1. The maximum atomic E-state index is 12.2. The first-order valence-corrected chi connectivity index (χ1v) is 9.84. The van der Waals surface area contributed by atoms with E-state index in [-0.39, 0.29) is 12.3 Å². The van der Waals surface area contributed by atoms with Gasteiger partial charge < -0.3 is 10.2 Å². The number of rotatable bonds is 4. The lowest BCUT2D eigenvalue weighted by molar-refractivity contribution is -0.121. The van der Waals surface area contributed by atoms with E-state index in [1.54, 1.807) is 0 Å². The molecule has 0 aliphatic carbocycles. The van der Waals surface area contributed by atoms with Crippen LogP contribution in [-0.2, 0) is 4.79 Å². The highest BCUT2D eigenvalue weighted by molar-refractivity contribution is 5.92. The molecule has 0 atom stereocenters. The van der Waals surface area contributed by atoms with Gasteiger partial charge >= 0.3 is 6.03 Å². The molecule has 0 radical (unpaired) electrons. The number of carbonyl (C=O) groups is 2. The largest absolute Gasteiger partial charge is 0.367 e. The molecular weight excluding hydrogens is 364 g/mol. The van der Waals surface area contributed by atoms with Gasteiger partial charge in [-0.1, -0.05) is 47.5 Å². The summed E-state index contributed by atoms with van der Waals surface area (Å²) in [5, 5.41) is 2.80. The Labute approximate surface area is 172 Å². The fraction of sp³-hybridized carbons (Fsp3) is 0.304. The Morgan fingerprint density at radius 2 is 1.69 bits per heavy atom. The number of nitrogens with one attached hydrogen (secondary N) is 3. The summed E-state index contributed by atoms with van der Waals surface area (Å²) in [7, 11) is 0. The van der Waals surface area contributed by atoms with Gasteiger partial charge in [0.25, 0.3) is 0 Å². The maximum Gasteiger partial charge on any atom is 0.337 e. The molecule has 6 nitrogen and oxygen atoms in total. The Balaban J connectivity index is 1.45. The highest BCUT2D eigenvalue weighted by Crippen LogP contribution is 2.22. The Bertz CT molecular complexity index is 899.